The molecule has 0 heterocycles. The molecule has 1 N–H and O–H groups in total. The summed E-state index contributed by atoms with van der Waals surface area (Å²) >= 11 is 0. The van der Waals surface area contributed by atoms with E-state index in [4.69, 9.17) is 4.74 Å². The predicted octanol–water partition coefficient (Wildman–Crippen LogP) is 4.97. The predicted molar refractivity (Wildman–Crippen MR) is 119 cm³/mol. The summed E-state index contributed by atoms with van der Waals surface area (Å²) in [6, 6.07) is 21.7. The number of carbonyl (C=O) groups excluding carboxylic acids is 1. The molecular formula is C24H23N2O4-. The number of hydrogen-bond donors (Lipinski definition) is 1. The van der Waals surface area contributed by atoms with E-state index in [0.29, 0.717) is 5.56 Å². The minimum absolute atomic E-state index is 0.0367. The Balaban J connectivity index is 1.75. The van der Waals surface area contributed by atoms with Gasteiger partial charge in [0.15, 0.2) is 0 Å². The van der Waals surface area contributed by atoms with Crippen molar-refractivity contribution in [3.05, 3.63) is 100 Å². The molecule has 3 aromatic carbocycles. The smallest absolute Gasteiger partial charge is 0.338 e. The average molecular weight is 403 g/mol. The summed E-state index contributed by atoms with van der Waals surface area (Å²) in [5.74, 6) is -0.572. The zero-order valence-electron chi connectivity index (χ0n) is 16.9. The average Bonchev–Trinajstić information content (AvgIpc) is 2.76. The lowest BCUT2D eigenvalue weighted by molar-refractivity contribution is 0.0472. The van der Waals surface area contributed by atoms with E-state index in [1.54, 1.807) is 18.2 Å². The molecule has 0 saturated carbocycles. The van der Waals surface area contributed by atoms with Gasteiger partial charge >= 0.3 is 5.97 Å². The van der Waals surface area contributed by atoms with Crippen LogP contribution in [0.5, 0.6) is 0 Å². The lowest BCUT2D eigenvalue weighted by Gasteiger charge is -2.24. The molecule has 3 rings (SSSR count). The Morgan fingerprint density at radius 2 is 1.70 bits per heavy atom. The summed E-state index contributed by atoms with van der Waals surface area (Å²) in [5.41, 5.74) is 3.50. The monoisotopic (exact) mass is 403 g/mol. The van der Waals surface area contributed by atoms with Gasteiger partial charge in [-0.2, -0.15) is 0 Å². The Labute approximate surface area is 175 Å². The zero-order chi connectivity index (χ0) is 21.5. The van der Waals surface area contributed by atoms with Gasteiger partial charge in [0.1, 0.15) is 6.61 Å². The van der Waals surface area contributed by atoms with Crippen molar-refractivity contribution in [3.63, 3.8) is 0 Å². The number of anilines is 2. The topological polar surface area (TPSA) is 76.1 Å². The summed E-state index contributed by atoms with van der Waals surface area (Å²) in [4.78, 5) is 14.3. The first-order valence-corrected chi connectivity index (χ1v) is 9.41. The third-order valence-corrected chi connectivity index (χ3v) is 4.55. The van der Waals surface area contributed by atoms with Gasteiger partial charge in [0.2, 0.25) is 0 Å². The minimum Gasteiger partial charge on any atom is -0.733 e. The van der Waals surface area contributed by atoms with Crippen molar-refractivity contribution in [3.8, 4) is 0 Å². The van der Waals surface area contributed by atoms with Crippen molar-refractivity contribution < 1.29 is 14.7 Å². The third-order valence-electron chi connectivity index (χ3n) is 4.55. The molecule has 0 amide bonds. The number of carbonyl (C=O) groups is 1. The lowest BCUT2D eigenvalue weighted by Crippen LogP contribution is -2.11. The van der Waals surface area contributed by atoms with Crippen molar-refractivity contribution in [2.75, 3.05) is 24.2 Å². The number of esters is 1. The Morgan fingerprint density at radius 1 is 1.00 bits per heavy atom. The third kappa shape index (κ3) is 5.47. The quantitative estimate of drug-likeness (QED) is 0.341. The van der Waals surface area contributed by atoms with E-state index < -0.39 is 5.97 Å². The summed E-state index contributed by atoms with van der Waals surface area (Å²) in [6.07, 6.45) is 3.54. The molecule has 6 heteroatoms. The van der Waals surface area contributed by atoms with Crippen molar-refractivity contribution in [2.45, 2.75) is 6.61 Å². The van der Waals surface area contributed by atoms with E-state index in [1.807, 2.05) is 79.7 Å². The maximum atomic E-state index is 12.3. The van der Waals surface area contributed by atoms with E-state index in [2.05, 4.69) is 0 Å². The van der Waals surface area contributed by atoms with Crippen molar-refractivity contribution in [2.24, 2.45) is 0 Å². The lowest BCUT2D eigenvalue weighted by atomic mass is 10.1. The maximum absolute atomic E-state index is 12.3. The highest BCUT2D eigenvalue weighted by molar-refractivity contribution is 5.92. The van der Waals surface area contributed by atoms with E-state index in [0.717, 1.165) is 16.8 Å². The largest absolute Gasteiger partial charge is 0.733 e. The standard InChI is InChI=1S/C24H23N2O4/c1-25(2)22-14-9-18(10-15-22)8-11-20-12-13-21(16-23(20)26(28)29)24(27)30-17-19-6-4-3-5-7-19/h3-16,28H,17H2,1-2H3/q-1/b11-8+. The normalized spacial score (nSPS) is 10.8. The van der Waals surface area contributed by atoms with Crippen LogP contribution < -0.4 is 10.1 Å². The molecule has 0 aliphatic carbocycles. The number of rotatable bonds is 7. The Morgan fingerprint density at radius 3 is 2.33 bits per heavy atom. The highest BCUT2D eigenvalue weighted by Gasteiger charge is 2.11. The fourth-order valence-corrected chi connectivity index (χ4v) is 2.85. The number of hydrogen-bond acceptors (Lipinski definition) is 6. The second kappa shape index (κ2) is 9.73. The fraction of sp³-hybridized carbons (Fsp3) is 0.125. The molecule has 154 valence electrons. The minimum atomic E-state index is -0.572. The molecule has 30 heavy (non-hydrogen) atoms. The highest BCUT2D eigenvalue weighted by Crippen LogP contribution is 2.24. The van der Waals surface area contributed by atoms with E-state index >= 15 is 0 Å². The summed E-state index contributed by atoms with van der Waals surface area (Å²) in [5, 5.41) is 20.9. The fourth-order valence-electron chi connectivity index (χ4n) is 2.85. The van der Waals surface area contributed by atoms with Crippen LogP contribution in [0.25, 0.3) is 12.2 Å². The SMILES string of the molecule is CN(C)c1ccc(/C=C/c2ccc(C(=O)OCc3ccccc3)cc2N([O-])O)cc1. The van der Waals surface area contributed by atoms with Crippen LogP contribution in [-0.2, 0) is 11.3 Å². The first-order chi connectivity index (χ1) is 14.4. The number of ether oxygens (including phenoxy) is 1. The van der Waals surface area contributed by atoms with Crippen molar-refractivity contribution in [1.82, 2.24) is 0 Å². The van der Waals surface area contributed by atoms with Gasteiger partial charge in [-0.05, 0) is 41.0 Å². The van der Waals surface area contributed by atoms with E-state index in [9.17, 15) is 15.2 Å². The van der Waals surface area contributed by atoms with Crippen molar-refractivity contribution >= 4 is 29.5 Å². The zero-order valence-corrected chi connectivity index (χ0v) is 16.9. The van der Waals surface area contributed by atoms with Gasteiger partial charge in [0.05, 0.1) is 11.3 Å². The van der Waals surface area contributed by atoms with Gasteiger partial charge in [0, 0.05) is 19.8 Å². The van der Waals surface area contributed by atoms with Crippen LogP contribution in [0.3, 0.4) is 0 Å². The molecule has 0 atom stereocenters. The summed E-state index contributed by atoms with van der Waals surface area (Å²) in [7, 11) is 3.93. The molecule has 3 aromatic rings. The first kappa shape index (κ1) is 21.1. The second-order valence-corrected chi connectivity index (χ2v) is 6.93. The van der Waals surface area contributed by atoms with Crippen LogP contribution >= 0.6 is 0 Å². The van der Waals surface area contributed by atoms with Gasteiger partial charge in [-0.3, -0.25) is 5.21 Å². The molecule has 0 aromatic heterocycles. The molecule has 0 radical (unpaired) electrons. The summed E-state index contributed by atoms with van der Waals surface area (Å²) < 4.78 is 5.29. The number of nitrogens with zero attached hydrogens (tertiary/aromatic N) is 2. The van der Waals surface area contributed by atoms with Crippen molar-refractivity contribution in [1.29, 1.82) is 0 Å². The molecule has 0 aliphatic rings. The molecule has 0 saturated heterocycles. The first-order valence-electron chi connectivity index (χ1n) is 9.41. The molecule has 0 bridgehead atoms. The number of benzene rings is 3. The Kier molecular flexibility index (Phi) is 6.85. The van der Waals surface area contributed by atoms with E-state index in [1.165, 1.54) is 6.07 Å². The van der Waals surface area contributed by atoms with E-state index in [-0.39, 0.29) is 23.1 Å². The van der Waals surface area contributed by atoms with Crippen LogP contribution in [0, 0.1) is 5.21 Å². The van der Waals surface area contributed by atoms with Gasteiger partial charge in [-0.1, -0.05) is 60.7 Å². The highest BCUT2D eigenvalue weighted by atomic mass is 16.8. The molecule has 0 unspecified atom stereocenters. The Bertz CT molecular complexity index is 1010. The van der Waals surface area contributed by atoms with Gasteiger partial charge in [-0.25, -0.2) is 4.79 Å². The van der Waals surface area contributed by atoms with Gasteiger partial charge < -0.3 is 20.1 Å². The van der Waals surface area contributed by atoms with Crippen LogP contribution in [0.1, 0.15) is 27.0 Å². The molecular weight excluding hydrogens is 380 g/mol. The second-order valence-electron chi connectivity index (χ2n) is 6.93. The van der Waals surface area contributed by atoms with Crippen LogP contribution in [0.4, 0.5) is 11.4 Å². The van der Waals surface area contributed by atoms with Gasteiger partial charge in [0.25, 0.3) is 0 Å². The molecule has 6 nitrogen and oxygen atoms in total. The Hall–Kier alpha value is -3.61. The summed E-state index contributed by atoms with van der Waals surface area (Å²) in [6.45, 7) is 0.125. The maximum Gasteiger partial charge on any atom is 0.338 e. The molecule has 0 fully saturated rings. The molecule has 0 aliphatic heterocycles. The van der Waals surface area contributed by atoms with Crippen LogP contribution in [-0.4, -0.2) is 25.3 Å². The molecule has 0 spiro atoms. The van der Waals surface area contributed by atoms with Gasteiger partial charge in [-0.15, -0.1) is 0 Å². The van der Waals surface area contributed by atoms with Crippen LogP contribution in [0.2, 0.25) is 0 Å². The van der Waals surface area contributed by atoms with Crippen LogP contribution in [0.15, 0.2) is 72.8 Å².